The van der Waals surface area contributed by atoms with E-state index in [1.54, 1.807) is 7.11 Å². The number of rotatable bonds is 6. The molecule has 1 aromatic carbocycles. The van der Waals surface area contributed by atoms with Crippen LogP contribution < -0.4 is 10.6 Å². The van der Waals surface area contributed by atoms with Crippen molar-refractivity contribution >= 4 is 18.3 Å². The Labute approximate surface area is 139 Å². The van der Waals surface area contributed by atoms with Gasteiger partial charge in [-0.1, -0.05) is 24.3 Å². The number of hydrogen-bond donors (Lipinski definition) is 2. The number of methoxy groups -OCH3 is 1. The van der Waals surface area contributed by atoms with Gasteiger partial charge >= 0.3 is 0 Å². The van der Waals surface area contributed by atoms with Crippen molar-refractivity contribution in [2.45, 2.75) is 26.2 Å². The minimum Gasteiger partial charge on any atom is -0.384 e. The molecular weight excluding hydrogens is 300 g/mol. The third-order valence-corrected chi connectivity index (χ3v) is 4.40. The van der Waals surface area contributed by atoms with Gasteiger partial charge in [-0.05, 0) is 50.4 Å². The Morgan fingerprint density at radius 2 is 2.00 bits per heavy atom. The van der Waals surface area contributed by atoms with Crippen molar-refractivity contribution in [1.82, 2.24) is 10.6 Å². The summed E-state index contributed by atoms with van der Waals surface area (Å²) in [6.07, 6.45) is 2.56. The van der Waals surface area contributed by atoms with Crippen molar-refractivity contribution < 1.29 is 9.53 Å². The van der Waals surface area contributed by atoms with Gasteiger partial charge in [-0.3, -0.25) is 4.79 Å². The molecule has 4 nitrogen and oxygen atoms in total. The van der Waals surface area contributed by atoms with Crippen LogP contribution in [0, 0.1) is 12.3 Å². The molecule has 0 saturated carbocycles. The fourth-order valence-corrected chi connectivity index (χ4v) is 3.01. The van der Waals surface area contributed by atoms with E-state index < -0.39 is 0 Å². The predicted molar refractivity (Wildman–Crippen MR) is 91.6 cm³/mol. The molecule has 2 rings (SSSR count). The van der Waals surface area contributed by atoms with Crippen LogP contribution >= 0.6 is 12.4 Å². The monoisotopic (exact) mass is 326 g/mol. The van der Waals surface area contributed by atoms with Gasteiger partial charge in [0.25, 0.3) is 0 Å². The molecule has 2 N–H and O–H groups in total. The van der Waals surface area contributed by atoms with Gasteiger partial charge < -0.3 is 15.4 Å². The zero-order valence-electron chi connectivity index (χ0n) is 13.5. The van der Waals surface area contributed by atoms with Gasteiger partial charge in [-0.25, -0.2) is 0 Å². The topological polar surface area (TPSA) is 50.4 Å². The van der Waals surface area contributed by atoms with Crippen LogP contribution in [0.5, 0.6) is 0 Å². The Hall–Kier alpha value is -1.10. The molecule has 0 bridgehead atoms. The van der Waals surface area contributed by atoms with Crippen molar-refractivity contribution in [3.63, 3.8) is 0 Å². The molecule has 0 atom stereocenters. The number of ether oxygens (including phenoxy) is 1. The van der Waals surface area contributed by atoms with Crippen LogP contribution in [0.2, 0.25) is 0 Å². The van der Waals surface area contributed by atoms with Crippen LogP contribution in [0.15, 0.2) is 24.3 Å². The summed E-state index contributed by atoms with van der Waals surface area (Å²) in [5.74, 6) is 0.138. The molecule has 1 aliphatic rings. The molecule has 1 amide bonds. The summed E-state index contributed by atoms with van der Waals surface area (Å²) < 4.78 is 5.30. The first-order chi connectivity index (χ1) is 10.2. The number of benzene rings is 1. The van der Waals surface area contributed by atoms with E-state index in [4.69, 9.17) is 4.74 Å². The first-order valence-electron chi connectivity index (χ1n) is 7.70. The molecule has 0 unspecified atom stereocenters. The summed E-state index contributed by atoms with van der Waals surface area (Å²) in [5, 5.41) is 6.41. The van der Waals surface area contributed by atoms with Crippen molar-refractivity contribution in [3.05, 3.63) is 35.4 Å². The second-order valence-electron chi connectivity index (χ2n) is 5.90. The summed E-state index contributed by atoms with van der Waals surface area (Å²) in [4.78, 5) is 12.6. The third-order valence-electron chi connectivity index (χ3n) is 4.40. The summed E-state index contributed by atoms with van der Waals surface area (Å²) in [6.45, 7) is 5.06. The van der Waals surface area contributed by atoms with Crippen LogP contribution in [0.3, 0.4) is 0 Å². The lowest BCUT2D eigenvalue weighted by Gasteiger charge is -2.35. The van der Waals surface area contributed by atoms with Gasteiger partial charge in [0, 0.05) is 13.7 Å². The van der Waals surface area contributed by atoms with E-state index in [9.17, 15) is 4.79 Å². The van der Waals surface area contributed by atoms with Crippen LogP contribution in [-0.2, 0) is 16.0 Å². The molecule has 0 aliphatic carbocycles. The molecule has 1 aliphatic heterocycles. The van der Waals surface area contributed by atoms with Crippen molar-refractivity contribution in [1.29, 1.82) is 0 Å². The molecule has 124 valence electrons. The molecular formula is C17H27ClN2O2. The SMILES string of the molecule is COCC1(C(=O)NCCc2ccccc2C)CCNCC1.Cl. The van der Waals surface area contributed by atoms with Gasteiger partial charge in [0.2, 0.25) is 5.91 Å². The Balaban J connectivity index is 0.00000242. The molecule has 1 saturated heterocycles. The Morgan fingerprint density at radius 1 is 1.32 bits per heavy atom. The van der Waals surface area contributed by atoms with E-state index >= 15 is 0 Å². The maximum absolute atomic E-state index is 12.6. The first kappa shape index (κ1) is 18.9. The van der Waals surface area contributed by atoms with Gasteiger partial charge in [-0.15, -0.1) is 12.4 Å². The number of amides is 1. The Kier molecular flexibility index (Phi) is 7.87. The Morgan fingerprint density at radius 3 is 2.64 bits per heavy atom. The molecule has 0 spiro atoms. The first-order valence-corrected chi connectivity index (χ1v) is 7.70. The van der Waals surface area contributed by atoms with Crippen molar-refractivity contribution in [2.75, 3.05) is 33.4 Å². The van der Waals surface area contributed by atoms with Gasteiger partial charge in [0.05, 0.1) is 12.0 Å². The highest BCUT2D eigenvalue weighted by Crippen LogP contribution is 2.29. The minimum atomic E-state index is -0.355. The predicted octanol–water partition coefficient (Wildman–Crippen LogP) is 2.09. The summed E-state index contributed by atoms with van der Waals surface area (Å²) in [5.41, 5.74) is 2.22. The van der Waals surface area contributed by atoms with E-state index in [-0.39, 0.29) is 23.7 Å². The van der Waals surface area contributed by atoms with Gasteiger partial charge in [0.15, 0.2) is 0 Å². The number of carbonyl (C=O) groups is 1. The number of aryl methyl sites for hydroxylation is 1. The molecule has 1 fully saturated rings. The Bertz CT molecular complexity index is 468. The van der Waals surface area contributed by atoms with Crippen LogP contribution in [0.1, 0.15) is 24.0 Å². The van der Waals surface area contributed by atoms with Gasteiger partial charge in [0.1, 0.15) is 0 Å². The molecule has 0 aromatic heterocycles. The summed E-state index contributed by atoms with van der Waals surface area (Å²) in [6, 6.07) is 8.32. The van der Waals surface area contributed by atoms with Gasteiger partial charge in [-0.2, -0.15) is 0 Å². The lowest BCUT2D eigenvalue weighted by molar-refractivity contribution is -0.136. The van der Waals surface area contributed by atoms with E-state index in [1.165, 1.54) is 11.1 Å². The van der Waals surface area contributed by atoms with Crippen molar-refractivity contribution in [3.8, 4) is 0 Å². The van der Waals surface area contributed by atoms with Crippen molar-refractivity contribution in [2.24, 2.45) is 5.41 Å². The van der Waals surface area contributed by atoms with Crippen LogP contribution in [0.4, 0.5) is 0 Å². The lowest BCUT2D eigenvalue weighted by Crippen LogP contribution is -2.50. The molecule has 5 heteroatoms. The van der Waals surface area contributed by atoms with Crippen LogP contribution in [0.25, 0.3) is 0 Å². The fraction of sp³-hybridized carbons (Fsp3) is 0.588. The second kappa shape index (κ2) is 9.13. The maximum Gasteiger partial charge on any atom is 0.228 e. The molecule has 1 aromatic rings. The second-order valence-corrected chi connectivity index (χ2v) is 5.90. The lowest BCUT2D eigenvalue weighted by atomic mass is 9.78. The molecule has 22 heavy (non-hydrogen) atoms. The summed E-state index contributed by atoms with van der Waals surface area (Å²) >= 11 is 0. The number of halogens is 1. The van der Waals surface area contributed by atoms with E-state index in [2.05, 4.69) is 29.7 Å². The quantitative estimate of drug-likeness (QED) is 0.841. The zero-order valence-corrected chi connectivity index (χ0v) is 14.3. The smallest absolute Gasteiger partial charge is 0.228 e. The molecule has 0 radical (unpaired) electrons. The highest BCUT2D eigenvalue weighted by molar-refractivity contribution is 5.85. The largest absolute Gasteiger partial charge is 0.384 e. The highest BCUT2D eigenvalue weighted by Gasteiger charge is 2.39. The molecule has 1 heterocycles. The standard InChI is InChI=1S/C17H26N2O2.ClH/c1-14-5-3-4-6-15(14)7-10-19-16(20)17(13-21-2)8-11-18-12-9-17;/h3-6,18H,7-13H2,1-2H3,(H,19,20);1H. The van der Waals surface area contributed by atoms with E-state index in [1.807, 2.05) is 12.1 Å². The average Bonchev–Trinajstić information content (AvgIpc) is 2.50. The van der Waals surface area contributed by atoms with E-state index in [0.29, 0.717) is 13.2 Å². The normalized spacial score (nSPS) is 16.6. The van der Waals surface area contributed by atoms with E-state index in [0.717, 1.165) is 32.4 Å². The number of hydrogen-bond acceptors (Lipinski definition) is 3. The number of carbonyl (C=O) groups excluding carboxylic acids is 1. The minimum absolute atomic E-state index is 0. The number of piperidine rings is 1. The maximum atomic E-state index is 12.6. The fourth-order valence-electron chi connectivity index (χ4n) is 3.01. The highest BCUT2D eigenvalue weighted by atomic mass is 35.5. The summed E-state index contributed by atoms with van der Waals surface area (Å²) in [7, 11) is 1.67. The average molecular weight is 327 g/mol. The zero-order chi connectivity index (χ0) is 15.1. The third kappa shape index (κ3) is 4.70. The number of nitrogens with one attached hydrogen (secondary N) is 2. The van der Waals surface area contributed by atoms with Crippen LogP contribution in [-0.4, -0.2) is 39.3 Å².